The first-order chi connectivity index (χ1) is 5.11. The molecule has 0 aromatic heterocycles. The zero-order valence-electron chi connectivity index (χ0n) is 7.37. The molecule has 0 amide bonds. The van der Waals surface area contributed by atoms with Crippen LogP contribution in [0.15, 0.2) is 4.99 Å². The second kappa shape index (κ2) is 3.22. The quantitative estimate of drug-likeness (QED) is 0.563. The molecule has 0 spiro atoms. The number of nitrogens with two attached hydrogens (primary N) is 1. The van der Waals surface area contributed by atoms with Gasteiger partial charge in [0.2, 0.25) is 0 Å². The summed E-state index contributed by atoms with van der Waals surface area (Å²) >= 11 is 0. The van der Waals surface area contributed by atoms with Crippen molar-refractivity contribution in [1.29, 1.82) is 0 Å². The Hall–Kier alpha value is -0.570. The van der Waals surface area contributed by atoms with Crippen LogP contribution in [0.25, 0.3) is 0 Å². The molecule has 0 aromatic rings. The van der Waals surface area contributed by atoms with Crippen molar-refractivity contribution in [3.63, 3.8) is 0 Å². The maximum atomic E-state index is 5.66. The first-order valence-corrected chi connectivity index (χ1v) is 4.06. The highest BCUT2D eigenvalue weighted by Crippen LogP contribution is 2.12. The Kier molecular flexibility index (Phi) is 2.49. The third-order valence-electron chi connectivity index (χ3n) is 2.20. The van der Waals surface area contributed by atoms with E-state index in [1.165, 1.54) is 0 Å². The minimum Gasteiger partial charge on any atom is -0.385 e. The van der Waals surface area contributed by atoms with E-state index in [-0.39, 0.29) is 6.10 Å². The average Bonchev–Trinajstić information content (AvgIpc) is 2.05. The standard InChI is InChI=1S/C8H16N2O/c1-5-4-11-7(3)8(9)10-6(5)2/h5-7H,4H2,1-3H3,(H2,9,10). The molecule has 3 heteroatoms. The molecule has 2 N–H and O–H groups in total. The topological polar surface area (TPSA) is 47.6 Å². The van der Waals surface area contributed by atoms with E-state index in [1.54, 1.807) is 0 Å². The van der Waals surface area contributed by atoms with E-state index in [2.05, 4.69) is 18.8 Å². The Labute approximate surface area is 67.6 Å². The van der Waals surface area contributed by atoms with E-state index in [4.69, 9.17) is 10.5 Å². The number of hydrogen-bond donors (Lipinski definition) is 1. The molecule has 1 aliphatic rings. The van der Waals surface area contributed by atoms with Crippen molar-refractivity contribution in [3.8, 4) is 0 Å². The normalized spacial score (nSPS) is 39.5. The molecule has 0 aliphatic carbocycles. The van der Waals surface area contributed by atoms with Gasteiger partial charge in [0.05, 0.1) is 12.6 Å². The van der Waals surface area contributed by atoms with Gasteiger partial charge in [0, 0.05) is 5.92 Å². The third kappa shape index (κ3) is 1.93. The van der Waals surface area contributed by atoms with Crippen LogP contribution in [0.4, 0.5) is 0 Å². The summed E-state index contributed by atoms with van der Waals surface area (Å²) in [6.07, 6.45) is -0.0117. The van der Waals surface area contributed by atoms with E-state index >= 15 is 0 Å². The van der Waals surface area contributed by atoms with E-state index in [1.807, 2.05) is 6.92 Å². The Morgan fingerprint density at radius 3 is 2.73 bits per heavy atom. The summed E-state index contributed by atoms with van der Waals surface area (Å²) in [4.78, 5) is 4.31. The minimum absolute atomic E-state index is 0.0117. The lowest BCUT2D eigenvalue weighted by Crippen LogP contribution is -2.27. The van der Waals surface area contributed by atoms with Crippen LogP contribution < -0.4 is 5.73 Å². The lowest BCUT2D eigenvalue weighted by molar-refractivity contribution is 0.0844. The summed E-state index contributed by atoms with van der Waals surface area (Å²) in [6, 6.07) is 0.292. The van der Waals surface area contributed by atoms with Gasteiger partial charge in [-0.1, -0.05) is 6.92 Å². The van der Waals surface area contributed by atoms with Crippen molar-refractivity contribution in [2.45, 2.75) is 32.9 Å². The Bertz CT molecular complexity index is 167. The van der Waals surface area contributed by atoms with Crippen LogP contribution in [-0.2, 0) is 4.74 Å². The number of amidine groups is 1. The van der Waals surface area contributed by atoms with Gasteiger partial charge in [-0.05, 0) is 13.8 Å². The predicted molar refractivity (Wildman–Crippen MR) is 45.7 cm³/mol. The van der Waals surface area contributed by atoms with Crippen molar-refractivity contribution < 1.29 is 4.74 Å². The van der Waals surface area contributed by atoms with E-state index < -0.39 is 0 Å². The molecule has 0 fully saturated rings. The number of ether oxygens (including phenoxy) is 1. The van der Waals surface area contributed by atoms with Crippen molar-refractivity contribution >= 4 is 5.84 Å². The maximum absolute atomic E-state index is 5.66. The zero-order valence-corrected chi connectivity index (χ0v) is 7.37. The van der Waals surface area contributed by atoms with Crippen LogP contribution in [0.5, 0.6) is 0 Å². The lowest BCUT2D eigenvalue weighted by Gasteiger charge is -2.12. The molecular formula is C8H16N2O. The second-order valence-electron chi connectivity index (χ2n) is 3.25. The summed E-state index contributed by atoms with van der Waals surface area (Å²) in [6.45, 7) is 6.88. The molecule has 11 heavy (non-hydrogen) atoms. The Morgan fingerprint density at radius 1 is 1.45 bits per heavy atom. The van der Waals surface area contributed by atoms with Gasteiger partial charge in [0.15, 0.2) is 0 Å². The molecule has 1 rings (SSSR count). The van der Waals surface area contributed by atoms with Crippen molar-refractivity contribution in [1.82, 2.24) is 0 Å². The van der Waals surface area contributed by atoms with Gasteiger partial charge in [-0.15, -0.1) is 0 Å². The summed E-state index contributed by atoms with van der Waals surface area (Å²) in [5, 5.41) is 0. The fourth-order valence-corrected chi connectivity index (χ4v) is 0.988. The van der Waals surface area contributed by atoms with Gasteiger partial charge in [0.25, 0.3) is 0 Å². The van der Waals surface area contributed by atoms with Gasteiger partial charge in [-0.25, -0.2) is 0 Å². The highest BCUT2D eigenvalue weighted by molar-refractivity contribution is 5.84. The van der Waals surface area contributed by atoms with Crippen LogP contribution in [0, 0.1) is 5.92 Å². The molecule has 1 aliphatic heterocycles. The zero-order chi connectivity index (χ0) is 8.43. The van der Waals surface area contributed by atoms with Crippen LogP contribution in [0.1, 0.15) is 20.8 Å². The van der Waals surface area contributed by atoms with Crippen LogP contribution in [-0.4, -0.2) is 24.6 Å². The summed E-state index contributed by atoms with van der Waals surface area (Å²) < 4.78 is 5.44. The lowest BCUT2D eigenvalue weighted by atomic mass is 10.1. The van der Waals surface area contributed by atoms with Crippen molar-refractivity contribution in [2.24, 2.45) is 16.6 Å². The van der Waals surface area contributed by atoms with Gasteiger partial charge >= 0.3 is 0 Å². The number of rotatable bonds is 0. The van der Waals surface area contributed by atoms with E-state index in [0.717, 1.165) is 6.61 Å². The fraction of sp³-hybridized carbons (Fsp3) is 0.875. The molecular weight excluding hydrogens is 140 g/mol. The molecule has 0 bridgehead atoms. The van der Waals surface area contributed by atoms with E-state index in [9.17, 15) is 0 Å². The molecule has 1 heterocycles. The number of nitrogens with zero attached hydrogens (tertiary/aromatic N) is 1. The smallest absolute Gasteiger partial charge is 0.123 e. The molecule has 0 saturated heterocycles. The molecule has 0 aromatic carbocycles. The summed E-state index contributed by atoms with van der Waals surface area (Å²) in [5.41, 5.74) is 5.66. The molecule has 0 saturated carbocycles. The molecule has 64 valence electrons. The second-order valence-corrected chi connectivity index (χ2v) is 3.25. The molecule has 3 atom stereocenters. The highest BCUT2D eigenvalue weighted by atomic mass is 16.5. The highest BCUT2D eigenvalue weighted by Gasteiger charge is 2.19. The van der Waals surface area contributed by atoms with Crippen molar-refractivity contribution in [3.05, 3.63) is 0 Å². The Morgan fingerprint density at radius 2 is 2.09 bits per heavy atom. The maximum Gasteiger partial charge on any atom is 0.123 e. The van der Waals surface area contributed by atoms with Gasteiger partial charge in [-0.2, -0.15) is 0 Å². The van der Waals surface area contributed by atoms with Gasteiger partial charge in [-0.3, -0.25) is 4.99 Å². The molecule has 3 nitrogen and oxygen atoms in total. The number of hydrogen-bond acceptors (Lipinski definition) is 3. The van der Waals surface area contributed by atoms with Crippen LogP contribution >= 0.6 is 0 Å². The third-order valence-corrected chi connectivity index (χ3v) is 2.20. The van der Waals surface area contributed by atoms with Crippen LogP contribution in [0.2, 0.25) is 0 Å². The van der Waals surface area contributed by atoms with E-state index in [0.29, 0.717) is 17.8 Å². The number of aliphatic imine (C=N–C) groups is 1. The summed E-state index contributed by atoms with van der Waals surface area (Å²) in [5.74, 6) is 1.10. The van der Waals surface area contributed by atoms with Crippen molar-refractivity contribution in [2.75, 3.05) is 6.61 Å². The Balaban J connectivity index is 2.69. The first-order valence-electron chi connectivity index (χ1n) is 4.06. The van der Waals surface area contributed by atoms with Gasteiger partial charge in [0.1, 0.15) is 11.9 Å². The van der Waals surface area contributed by atoms with Crippen LogP contribution in [0.3, 0.4) is 0 Å². The molecule has 3 unspecified atom stereocenters. The summed E-state index contributed by atoms with van der Waals surface area (Å²) in [7, 11) is 0. The first kappa shape index (κ1) is 8.53. The monoisotopic (exact) mass is 156 g/mol. The SMILES string of the molecule is CC1OCC(C)C(C)N=C1N. The largest absolute Gasteiger partial charge is 0.385 e. The molecule has 0 radical (unpaired) electrons. The minimum atomic E-state index is -0.0117. The average molecular weight is 156 g/mol. The predicted octanol–water partition coefficient (Wildman–Crippen LogP) is 0.787. The van der Waals surface area contributed by atoms with Gasteiger partial charge < -0.3 is 10.5 Å². The fourth-order valence-electron chi connectivity index (χ4n) is 0.988.